The molecule has 0 aliphatic heterocycles. The molecule has 0 unspecified atom stereocenters. The van der Waals surface area contributed by atoms with Crippen molar-refractivity contribution < 1.29 is 4.74 Å². The van der Waals surface area contributed by atoms with Crippen LogP contribution >= 0.6 is 15.9 Å². The lowest BCUT2D eigenvalue weighted by molar-refractivity contribution is 0.134. The second-order valence-corrected chi connectivity index (χ2v) is 2.56. The van der Waals surface area contributed by atoms with Gasteiger partial charge in [-0.15, -0.1) is 6.58 Å². The molecule has 10 heavy (non-hydrogen) atoms. The number of ether oxygens (including phenoxy) is 1. The monoisotopic (exact) mass is 204 g/mol. The van der Waals surface area contributed by atoms with Crippen LogP contribution in [-0.2, 0) is 4.74 Å². The summed E-state index contributed by atoms with van der Waals surface area (Å²) in [6.45, 7) is 5.66. The van der Waals surface area contributed by atoms with Gasteiger partial charge in [0.1, 0.15) is 0 Å². The molecule has 0 aliphatic rings. The van der Waals surface area contributed by atoms with Gasteiger partial charge in [0, 0.05) is 7.11 Å². The van der Waals surface area contributed by atoms with Crippen LogP contribution in [0.25, 0.3) is 0 Å². The summed E-state index contributed by atoms with van der Waals surface area (Å²) >= 11 is 3.25. The summed E-state index contributed by atoms with van der Waals surface area (Å²) in [4.78, 5) is 1.88. The van der Waals surface area contributed by atoms with E-state index in [4.69, 9.17) is 4.74 Å². The third kappa shape index (κ3) is 3.18. The summed E-state index contributed by atoms with van der Waals surface area (Å²) in [5.41, 5.74) is 1.18. The molecule has 0 aromatic rings. The predicted octanol–water partition coefficient (Wildman–Crippen LogP) is 2.88. The number of hydrogen-bond donors (Lipinski definition) is 0. The molecule has 0 bridgehead atoms. The summed E-state index contributed by atoms with van der Waals surface area (Å²) in [7, 11) is 1.70. The van der Waals surface area contributed by atoms with Crippen LogP contribution < -0.4 is 0 Å². The molecular formula is C8H13BrO. The fourth-order valence-corrected chi connectivity index (χ4v) is 0.984. The fourth-order valence-electron chi connectivity index (χ4n) is 0.690. The van der Waals surface area contributed by atoms with E-state index in [2.05, 4.69) is 22.5 Å². The van der Waals surface area contributed by atoms with Crippen LogP contribution in [0.2, 0.25) is 0 Å². The lowest BCUT2D eigenvalue weighted by atomic mass is 10.1. The van der Waals surface area contributed by atoms with Gasteiger partial charge in [-0.2, -0.15) is 0 Å². The highest BCUT2D eigenvalue weighted by Crippen LogP contribution is 2.11. The Hall–Kier alpha value is -0.0800. The predicted molar refractivity (Wildman–Crippen MR) is 48.3 cm³/mol. The average Bonchev–Trinajstić information content (AvgIpc) is 1.99. The van der Waals surface area contributed by atoms with Crippen LogP contribution in [0.5, 0.6) is 0 Å². The van der Waals surface area contributed by atoms with Crippen molar-refractivity contribution in [3.05, 3.63) is 23.2 Å². The van der Waals surface area contributed by atoms with E-state index >= 15 is 0 Å². The lowest BCUT2D eigenvalue weighted by Gasteiger charge is -2.12. The molecular weight excluding hydrogens is 192 g/mol. The minimum absolute atomic E-state index is 0.178. The van der Waals surface area contributed by atoms with Crippen LogP contribution in [0.4, 0.5) is 0 Å². The maximum Gasteiger partial charge on any atom is 0.0820 e. The zero-order valence-electron chi connectivity index (χ0n) is 6.43. The van der Waals surface area contributed by atoms with E-state index in [0.29, 0.717) is 0 Å². The maximum absolute atomic E-state index is 5.17. The van der Waals surface area contributed by atoms with E-state index < -0.39 is 0 Å². The molecule has 0 saturated carbocycles. The second-order valence-electron chi connectivity index (χ2n) is 2.10. The highest BCUT2D eigenvalue weighted by Gasteiger charge is 2.05. The van der Waals surface area contributed by atoms with Crippen molar-refractivity contribution in [3.63, 3.8) is 0 Å². The van der Waals surface area contributed by atoms with Gasteiger partial charge in [0.05, 0.1) is 6.10 Å². The van der Waals surface area contributed by atoms with E-state index in [1.54, 1.807) is 7.11 Å². The largest absolute Gasteiger partial charge is 0.377 e. The van der Waals surface area contributed by atoms with E-state index in [1.807, 2.05) is 18.0 Å². The molecule has 0 spiro atoms. The summed E-state index contributed by atoms with van der Waals surface area (Å²) in [6, 6.07) is 0. The molecule has 2 heteroatoms. The van der Waals surface area contributed by atoms with Crippen molar-refractivity contribution in [2.45, 2.75) is 19.4 Å². The first-order chi connectivity index (χ1) is 4.76. The van der Waals surface area contributed by atoms with Crippen molar-refractivity contribution in [3.8, 4) is 0 Å². The first-order valence-electron chi connectivity index (χ1n) is 3.16. The molecule has 0 fully saturated rings. The van der Waals surface area contributed by atoms with E-state index in [9.17, 15) is 0 Å². The standard InChI is InChI=1S/C8H13BrO/c1-4-5-8(10-3)7(2)6-9/h4,6,8H,1,5H2,2-3H3/b7-6+/t8-/m1/s1. The maximum atomic E-state index is 5.17. The van der Waals surface area contributed by atoms with Crippen molar-refractivity contribution in [1.82, 2.24) is 0 Å². The van der Waals surface area contributed by atoms with Crippen molar-refractivity contribution in [2.75, 3.05) is 7.11 Å². The molecule has 0 heterocycles. The Morgan fingerprint density at radius 3 is 2.70 bits per heavy atom. The summed E-state index contributed by atoms with van der Waals surface area (Å²) in [5.74, 6) is 0. The summed E-state index contributed by atoms with van der Waals surface area (Å²) in [6.07, 6.45) is 2.90. The Kier molecular flexibility index (Phi) is 5.64. The second kappa shape index (κ2) is 5.69. The quantitative estimate of drug-likeness (QED) is 0.641. The molecule has 0 aromatic carbocycles. The first-order valence-corrected chi connectivity index (χ1v) is 4.08. The van der Waals surface area contributed by atoms with E-state index in [1.165, 1.54) is 5.57 Å². The molecule has 0 rings (SSSR count). The third-order valence-corrected chi connectivity index (χ3v) is 2.07. The van der Waals surface area contributed by atoms with Gasteiger partial charge in [-0.05, 0) is 23.9 Å². The average molecular weight is 205 g/mol. The van der Waals surface area contributed by atoms with Crippen LogP contribution in [0.1, 0.15) is 13.3 Å². The molecule has 58 valence electrons. The third-order valence-electron chi connectivity index (χ3n) is 1.35. The number of methoxy groups -OCH3 is 1. The Morgan fingerprint density at radius 2 is 2.40 bits per heavy atom. The summed E-state index contributed by atoms with van der Waals surface area (Å²) < 4.78 is 5.17. The van der Waals surface area contributed by atoms with Crippen LogP contribution in [-0.4, -0.2) is 13.2 Å². The van der Waals surface area contributed by atoms with Crippen molar-refractivity contribution in [2.24, 2.45) is 0 Å². The van der Waals surface area contributed by atoms with Crippen LogP contribution in [0.15, 0.2) is 23.2 Å². The van der Waals surface area contributed by atoms with E-state index in [0.717, 1.165) is 6.42 Å². The number of hydrogen-bond acceptors (Lipinski definition) is 1. The topological polar surface area (TPSA) is 9.23 Å². The van der Waals surface area contributed by atoms with Crippen molar-refractivity contribution >= 4 is 15.9 Å². The molecule has 0 aromatic heterocycles. The molecule has 0 saturated heterocycles. The molecule has 1 atom stereocenters. The minimum atomic E-state index is 0.178. The highest BCUT2D eigenvalue weighted by atomic mass is 79.9. The number of rotatable bonds is 4. The normalized spacial score (nSPS) is 14.9. The van der Waals surface area contributed by atoms with Gasteiger partial charge < -0.3 is 4.74 Å². The summed E-state index contributed by atoms with van der Waals surface area (Å²) in [5, 5.41) is 0. The van der Waals surface area contributed by atoms with Crippen molar-refractivity contribution in [1.29, 1.82) is 0 Å². The zero-order chi connectivity index (χ0) is 7.98. The number of halogens is 1. The Bertz CT molecular complexity index is 129. The lowest BCUT2D eigenvalue weighted by Crippen LogP contribution is -2.09. The molecule has 1 nitrogen and oxygen atoms in total. The smallest absolute Gasteiger partial charge is 0.0820 e. The van der Waals surface area contributed by atoms with Crippen LogP contribution in [0, 0.1) is 0 Å². The van der Waals surface area contributed by atoms with Gasteiger partial charge >= 0.3 is 0 Å². The Morgan fingerprint density at radius 1 is 1.80 bits per heavy atom. The highest BCUT2D eigenvalue weighted by molar-refractivity contribution is 9.11. The fraction of sp³-hybridized carbons (Fsp3) is 0.500. The molecule has 0 aliphatic carbocycles. The van der Waals surface area contributed by atoms with Crippen LogP contribution in [0.3, 0.4) is 0 Å². The molecule has 0 N–H and O–H groups in total. The van der Waals surface area contributed by atoms with Gasteiger partial charge in [0.25, 0.3) is 0 Å². The zero-order valence-corrected chi connectivity index (χ0v) is 8.02. The van der Waals surface area contributed by atoms with Gasteiger partial charge in [-0.1, -0.05) is 22.0 Å². The van der Waals surface area contributed by atoms with Gasteiger partial charge in [-0.3, -0.25) is 0 Å². The minimum Gasteiger partial charge on any atom is -0.377 e. The Labute approximate surface area is 70.9 Å². The SMILES string of the molecule is C=CC[C@@H](OC)/C(C)=C/Br. The Balaban J connectivity index is 3.92. The molecule has 0 radical (unpaired) electrons. The van der Waals surface area contributed by atoms with Gasteiger partial charge in [-0.25, -0.2) is 0 Å². The first kappa shape index (κ1) is 9.92. The molecule has 0 amide bonds. The van der Waals surface area contributed by atoms with Gasteiger partial charge in [0.2, 0.25) is 0 Å². The van der Waals surface area contributed by atoms with Gasteiger partial charge in [0.15, 0.2) is 0 Å². The van der Waals surface area contributed by atoms with E-state index in [-0.39, 0.29) is 6.10 Å².